The highest BCUT2D eigenvalue weighted by Crippen LogP contribution is 2.22. The summed E-state index contributed by atoms with van der Waals surface area (Å²) in [5.41, 5.74) is 3.58. The lowest BCUT2D eigenvalue weighted by molar-refractivity contribution is 0.163. The average molecular weight is 290 g/mol. The van der Waals surface area contributed by atoms with E-state index in [1.807, 2.05) is 0 Å². The lowest BCUT2D eigenvalue weighted by atomic mass is 9.98. The molecule has 21 heavy (non-hydrogen) atoms. The van der Waals surface area contributed by atoms with Gasteiger partial charge in [0.15, 0.2) is 0 Å². The molecule has 0 aliphatic carbocycles. The Balaban J connectivity index is 2.09. The van der Waals surface area contributed by atoms with Gasteiger partial charge in [0.25, 0.3) is 0 Å². The summed E-state index contributed by atoms with van der Waals surface area (Å²) in [4.78, 5) is 0. The molecule has 1 unspecified atom stereocenters. The molecule has 0 aliphatic heterocycles. The van der Waals surface area contributed by atoms with Gasteiger partial charge >= 0.3 is 0 Å². The molecule has 0 fully saturated rings. The van der Waals surface area contributed by atoms with Crippen LogP contribution < -0.4 is 0 Å². The third kappa shape index (κ3) is 8.26. The van der Waals surface area contributed by atoms with Crippen LogP contribution in [0.3, 0.4) is 0 Å². The van der Waals surface area contributed by atoms with Gasteiger partial charge in [0.2, 0.25) is 0 Å². The van der Waals surface area contributed by atoms with Crippen molar-refractivity contribution in [1.29, 1.82) is 0 Å². The van der Waals surface area contributed by atoms with Gasteiger partial charge < -0.3 is 5.11 Å². The first-order chi connectivity index (χ1) is 10.1. The standard InChI is InChI=1S/C20H34O/c1-4-5-6-7-8-9-10-11-12-13-20(21)19-15-17(2)14-18(3)16-19/h14-16,20-21H,4-13H2,1-3H3. The van der Waals surface area contributed by atoms with E-state index in [1.165, 1.54) is 62.5 Å². The summed E-state index contributed by atoms with van der Waals surface area (Å²) in [6.45, 7) is 6.46. The van der Waals surface area contributed by atoms with Gasteiger partial charge in [0.05, 0.1) is 6.10 Å². The molecular formula is C20H34O. The molecule has 0 amide bonds. The van der Waals surface area contributed by atoms with E-state index in [2.05, 4.69) is 39.0 Å². The van der Waals surface area contributed by atoms with Gasteiger partial charge in [-0.05, 0) is 25.8 Å². The van der Waals surface area contributed by atoms with Crippen LogP contribution in [0.5, 0.6) is 0 Å². The van der Waals surface area contributed by atoms with Gasteiger partial charge in [-0.1, -0.05) is 94.0 Å². The Hall–Kier alpha value is -0.820. The van der Waals surface area contributed by atoms with E-state index in [9.17, 15) is 5.11 Å². The van der Waals surface area contributed by atoms with Gasteiger partial charge in [-0.2, -0.15) is 0 Å². The molecule has 1 heteroatoms. The van der Waals surface area contributed by atoms with E-state index in [1.54, 1.807) is 0 Å². The zero-order valence-corrected chi connectivity index (χ0v) is 14.3. The minimum atomic E-state index is -0.284. The van der Waals surface area contributed by atoms with Crippen molar-refractivity contribution in [2.24, 2.45) is 0 Å². The lowest BCUT2D eigenvalue weighted by Crippen LogP contribution is -1.98. The number of aryl methyl sites for hydroxylation is 2. The van der Waals surface area contributed by atoms with Crippen molar-refractivity contribution in [1.82, 2.24) is 0 Å². The Labute approximate surface area is 131 Å². The largest absolute Gasteiger partial charge is 0.388 e. The first-order valence-electron chi connectivity index (χ1n) is 8.89. The second kappa shape index (κ2) is 10.8. The summed E-state index contributed by atoms with van der Waals surface area (Å²) < 4.78 is 0. The van der Waals surface area contributed by atoms with E-state index >= 15 is 0 Å². The van der Waals surface area contributed by atoms with Crippen LogP contribution in [0.2, 0.25) is 0 Å². The van der Waals surface area contributed by atoms with Crippen molar-refractivity contribution >= 4 is 0 Å². The molecule has 0 bridgehead atoms. The summed E-state index contributed by atoms with van der Waals surface area (Å²) in [5, 5.41) is 10.3. The van der Waals surface area contributed by atoms with E-state index in [-0.39, 0.29) is 6.10 Å². The van der Waals surface area contributed by atoms with E-state index in [0.29, 0.717) is 0 Å². The number of unbranched alkanes of at least 4 members (excludes halogenated alkanes) is 8. The van der Waals surface area contributed by atoms with Crippen LogP contribution in [0.4, 0.5) is 0 Å². The third-order valence-electron chi connectivity index (χ3n) is 4.21. The number of hydrogen-bond acceptors (Lipinski definition) is 1. The van der Waals surface area contributed by atoms with Crippen molar-refractivity contribution in [3.8, 4) is 0 Å². The third-order valence-corrected chi connectivity index (χ3v) is 4.21. The maximum absolute atomic E-state index is 10.3. The zero-order valence-electron chi connectivity index (χ0n) is 14.3. The first kappa shape index (κ1) is 18.2. The second-order valence-corrected chi connectivity index (χ2v) is 6.55. The van der Waals surface area contributed by atoms with Crippen molar-refractivity contribution in [2.45, 2.75) is 91.1 Å². The van der Waals surface area contributed by atoms with Crippen molar-refractivity contribution in [3.63, 3.8) is 0 Å². The maximum atomic E-state index is 10.3. The van der Waals surface area contributed by atoms with Gasteiger partial charge in [-0.25, -0.2) is 0 Å². The monoisotopic (exact) mass is 290 g/mol. The molecule has 0 heterocycles. The van der Waals surface area contributed by atoms with Crippen LogP contribution in [0.25, 0.3) is 0 Å². The van der Waals surface area contributed by atoms with Gasteiger partial charge in [-0.15, -0.1) is 0 Å². The normalized spacial score (nSPS) is 12.6. The van der Waals surface area contributed by atoms with Crippen LogP contribution in [0.15, 0.2) is 18.2 Å². The number of aliphatic hydroxyl groups excluding tert-OH is 1. The van der Waals surface area contributed by atoms with E-state index in [0.717, 1.165) is 18.4 Å². The van der Waals surface area contributed by atoms with Crippen molar-refractivity contribution in [3.05, 3.63) is 34.9 Å². The molecule has 0 saturated carbocycles. The quantitative estimate of drug-likeness (QED) is 0.477. The first-order valence-corrected chi connectivity index (χ1v) is 8.89. The molecule has 1 aromatic rings. The Morgan fingerprint density at radius 3 is 1.76 bits per heavy atom. The van der Waals surface area contributed by atoms with Crippen LogP contribution in [0.1, 0.15) is 93.9 Å². The number of hydrogen-bond donors (Lipinski definition) is 1. The molecule has 1 aromatic carbocycles. The van der Waals surface area contributed by atoms with Crippen molar-refractivity contribution in [2.75, 3.05) is 0 Å². The van der Waals surface area contributed by atoms with Crippen LogP contribution in [-0.4, -0.2) is 5.11 Å². The fraction of sp³-hybridized carbons (Fsp3) is 0.700. The number of aliphatic hydroxyl groups is 1. The molecule has 1 rings (SSSR count). The fourth-order valence-corrected chi connectivity index (χ4v) is 3.02. The molecule has 0 saturated heterocycles. The maximum Gasteiger partial charge on any atom is 0.0790 e. The zero-order chi connectivity index (χ0) is 15.5. The highest BCUT2D eigenvalue weighted by atomic mass is 16.3. The predicted octanol–water partition coefficient (Wildman–Crippen LogP) is 6.26. The molecule has 0 aliphatic rings. The lowest BCUT2D eigenvalue weighted by Gasteiger charge is -2.12. The molecule has 0 radical (unpaired) electrons. The molecule has 1 atom stereocenters. The fourth-order valence-electron chi connectivity index (χ4n) is 3.02. The molecular weight excluding hydrogens is 256 g/mol. The average Bonchev–Trinajstić information content (AvgIpc) is 2.44. The Morgan fingerprint density at radius 1 is 0.762 bits per heavy atom. The summed E-state index contributed by atoms with van der Waals surface area (Å²) in [6.07, 6.45) is 12.6. The molecule has 0 spiro atoms. The Kier molecular flexibility index (Phi) is 9.41. The van der Waals surface area contributed by atoms with Gasteiger partial charge in [0.1, 0.15) is 0 Å². The minimum absolute atomic E-state index is 0.284. The minimum Gasteiger partial charge on any atom is -0.388 e. The Bertz CT molecular complexity index is 363. The van der Waals surface area contributed by atoms with E-state index in [4.69, 9.17) is 0 Å². The molecule has 1 nitrogen and oxygen atoms in total. The van der Waals surface area contributed by atoms with Crippen LogP contribution >= 0.6 is 0 Å². The second-order valence-electron chi connectivity index (χ2n) is 6.55. The number of rotatable bonds is 11. The van der Waals surface area contributed by atoms with Gasteiger partial charge in [-0.3, -0.25) is 0 Å². The van der Waals surface area contributed by atoms with Gasteiger partial charge in [0, 0.05) is 0 Å². The smallest absolute Gasteiger partial charge is 0.0790 e. The SMILES string of the molecule is CCCCCCCCCCCC(O)c1cc(C)cc(C)c1. The summed E-state index contributed by atoms with van der Waals surface area (Å²) in [7, 11) is 0. The molecule has 1 N–H and O–H groups in total. The summed E-state index contributed by atoms with van der Waals surface area (Å²) in [5.74, 6) is 0. The molecule has 0 aromatic heterocycles. The highest BCUT2D eigenvalue weighted by Gasteiger charge is 2.08. The topological polar surface area (TPSA) is 20.2 Å². The van der Waals surface area contributed by atoms with Crippen molar-refractivity contribution < 1.29 is 5.11 Å². The molecule has 120 valence electrons. The Morgan fingerprint density at radius 2 is 1.24 bits per heavy atom. The number of benzene rings is 1. The highest BCUT2D eigenvalue weighted by molar-refractivity contribution is 5.29. The van der Waals surface area contributed by atoms with E-state index < -0.39 is 0 Å². The summed E-state index contributed by atoms with van der Waals surface area (Å²) >= 11 is 0. The summed E-state index contributed by atoms with van der Waals surface area (Å²) in [6, 6.07) is 6.39. The van der Waals surface area contributed by atoms with Crippen LogP contribution in [0, 0.1) is 13.8 Å². The predicted molar refractivity (Wildman–Crippen MR) is 92.7 cm³/mol. The van der Waals surface area contributed by atoms with Crippen LogP contribution in [-0.2, 0) is 0 Å².